The Hall–Kier alpha value is -0.580. The van der Waals surface area contributed by atoms with Crippen LogP contribution in [0.3, 0.4) is 0 Å². The fourth-order valence-electron chi connectivity index (χ4n) is 1.74. The number of rotatable bonds is 3. The third-order valence-corrected chi connectivity index (χ3v) is 2.78. The molecule has 0 amide bonds. The van der Waals surface area contributed by atoms with Gasteiger partial charge in [-0.25, -0.2) is 0 Å². The Morgan fingerprint density at radius 3 is 2.88 bits per heavy atom. The molecule has 0 radical (unpaired) electrons. The van der Waals surface area contributed by atoms with E-state index in [1.807, 2.05) is 6.07 Å². The summed E-state index contributed by atoms with van der Waals surface area (Å²) in [6, 6.07) is 4.14. The van der Waals surface area contributed by atoms with Crippen molar-refractivity contribution < 1.29 is 0 Å². The first-order valence-corrected chi connectivity index (χ1v) is 5.69. The summed E-state index contributed by atoms with van der Waals surface area (Å²) < 4.78 is 0. The van der Waals surface area contributed by atoms with Gasteiger partial charge in [-0.2, -0.15) is 0 Å². The molecule has 90 valence electrons. The van der Waals surface area contributed by atoms with E-state index < -0.39 is 0 Å². The molecule has 2 rings (SSSR count). The van der Waals surface area contributed by atoms with Gasteiger partial charge in [-0.05, 0) is 31.5 Å². The lowest BCUT2D eigenvalue weighted by atomic mass is 10.1. The Morgan fingerprint density at radius 2 is 2.25 bits per heavy atom. The third-order valence-electron chi connectivity index (χ3n) is 2.57. The summed E-state index contributed by atoms with van der Waals surface area (Å²) in [6.07, 6.45) is 3.83. The zero-order valence-corrected chi connectivity index (χ0v) is 10.5. The highest BCUT2D eigenvalue weighted by molar-refractivity contribution is 6.29. The molecule has 0 spiro atoms. The van der Waals surface area contributed by atoms with Crippen LogP contribution < -0.4 is 10.6 Å². The molecule has 2 heterocycles. The lowest BCUT2D eigenvalue weighted by Gasteiger charge is -2.23. The van der Waals surface area contributed by atoms with Gasteiger partial charge < -0.3 is 10.6 Å². The van der Waals surface area contributed by atoms with Crippen LogP contribution in [-0.4, -0.2) is 29.3 Å². The zero-order chi connectivity index (χ0) is 10.5. The highest BCUT2D eigenvalue weighted by Gasteiger charge is 2.11. The Balaban J connectivity index is 0.00000128. The third kappa shape index (κ3) is 4.12. The SMILES string of the molecule is Cl.Clc1ccc(NCC2CCCCN2)nn1. The van der Waals surface area contributed by atoms with Gasteiger partial charge in [0, 0.05) is 12.6 Å². The molecule has 1 fully saturated rings. The normalized spacial score (nSPS) is 19.9. The first-order chi connectivity index (χ1) is 7.34. The number of hydrogen-bond donors (Lipinski definition) is 2. The van der Waals surface area contributed by atoms with Crippen LogP contribution in [0.1, 0.15) is 19.3 Å². The molecule has 0 bridgehead atoms. The first kappa shape index (κ1) is 13.5. The molecule has 0 saturated carbocycles. The molecule has 1 atom stereocenters. The molecule has 2 N–H and O–H groups in total. The van der Waals surface area contributed by atoms with Crippen LogP contribution in [-0.2, 0) is 0 Å². The largest absolute Gasteiger partial charge is 0.367 e. The maximum absolute atomic E-state index is 5.65. The molecule has 16 heavy (non-hydrogen) atoms. The summed E-state index contributed by atoms with van der Waals surface area (Å²) >= 11 is 5.65. The van der Waals surface area contributed by atoms with Crippen LogP contribution in [0.2, 0.25) is 5.15 Å². The average molecular weight is 263 g/mol. The van der Waals surface area contributed by atoms with Crippen molar-refractivity contribution in [1.82, 2.24) is 15.5 Å². The van der Waals surface area contributed by atoms with E-state index in [1.165, 1.54) is 19.3 Å². The predicted molar refractivity (Wildman–Crippen MR) is 68.4 cm³/mol. The van der Waals surface area contributed by atoms with Crippen molar-refractivity contribution in [1.29, 1.82) is 0 Å². The minimum Gasteiger partial charge on any atom is -0.367 e. The molecule has 1 unspecified atom stereocenters. The minimum atomic E-state index is 0. The first-order valence-electron chi connectivity index (χ1n) is 5.31. The second kappa shape index (κ2) is 6.89. The lowest BCUT2D eigenvalue weighted by Crippen LogP contribution is -2.39. The van der Waals surface area contributed by atoms with Gasteiger partial charge in [0.2, 0.25) is 0 Å². The van der Waals surface area contributed by atoms with E-state index in [4.69, 9.17) is 11.6 Å². The summed E-state index contributed by atoms with van der Waals surface area (Å²) in [6.45, 7) is 2.02. The van der Waals surface area contributed by atoms with Crippen molar-refractivity contribution in [3.05, 3.63) is 17.3 Å². The second-order valence-electron chi connectivity index (χ2n) is 3.77. The molecule has 1 aliphatic rings. The van der Waals surface area contributed by atoms with Gasteiger partial charge in [-0.1, -0.05) is 18.0 Å². The topological polar surface area (TPSA) is 49.8 Å². The van der Waals surface area contributed by atoms with Crippen LogP contribution in [0.25, 0.3) is 0 Å². The monoisotopic (exact) mass is 262 g/mol. The van der Waals surface area contributed by atoms with Gasteiger partial charge >= 0.3 is 0 Å². The van der Waals surface area contributed by atoms with Crippen molar-refractivity contribution in [2.75, 3.05) is 18.4 Å². The van der Waals surface area contributed by atoms with E-state index in [0.717, 1.165) is 18.9 Å². The fourth-order valence-corrected chi connectivity index (χ4v) is 1.84. The minimum absolute atomic E-state index is 0. The van der Waals surface area contributed by atoms with E-state index in [-0.39, 0.29) is 12.4 Å². The Bertz CT molecular complexity index is 298. The second-order valence-corrected chi connectivity index (χ2v) is 4.16. The number of piperidine rings is 1. The van der Waals surface area contributed by atoms with Crippen LogP contribution >= 0.6 is 24.0 Å². The van der Waals surface area contributed by atoms with Crippen LogP contribution in [0, 0.1) is 0 Å². The molecular formula is C10H16Cl2N4. The number of halogens is 2. The number of nitrogens with one attached hydrogen (secondary N) is 2. The Morgan fingerprint density at radius 1 is 1.38 bits per heavy atom. The molecule has 1 aliphatic heterocycles. The Labute approximate surface area is 107 Å². The summed E-state index contributed by atoms with van der Waals surface area (Å²) in [7, 11) is 0. The van der Waals surface area contributed by atoms with Crippen LogP contribution in [0.5, 0.6) is 0 Å². The smallest absolute Gasteiger partial charge is 0.151 e. The Kier molecular flexibility index (Phi) is 5.80. The van der Waals surface area contributed by atoms with Gasteiger partial charge in [-0.15, -0.1) is 22.6 Å². The summed E-state index contributed by atoms with van der Waals surface area (Å²) in [4.78, 5) is 0. The summed E-state index contributed by atoms with van der Waals surface area (Å²) in [5.41, 5.74) is 0. The van der Waals surface area contributed by atoms with Crippen molar-refractivity contribution in [2.45, 2.75) is 25.3 Å². The van der Waals surface area contributed by atoms with Gasteiger partial charge in [-0.3, -0.25) is 0 Å². The number of nitrogens with zero attached hydrogens (tertiary/aromatic N) is 2. The van der Waals surface area contributed by atoms with E-state index in [0.29, 0.717) is 11.2 Å². The lowest BCUT2D eigenvalue weighted by molar-refractivity contribution is 0.414. The highest BCUT2D eigenvalue weighted by Crippen LogP contribution is 2.09. The zero-order valence-electron chi connectivity index (χ0n) is 8.95. The predicted octanol–water partition coefficient (Wildman–Crippen LogP) is 2.11. The molecule has 0 aromatic carbocycles. The van der Waals surface area contributed by atoms with Gasteiger partial charge in [0.1, 0.15) is 5.82 Å². The van der Waals surface area contributed by atoms with Crippen molar-refractivity contribution in [3.8, 4) is 0 Å². The quantitative estimate of drug-likeness (QED) is 0.876. The molecular weight excluding hydrogens is 247 g/mol. The molecule has 0 aliphatic carbocycles. The maximum atomic E-state index is 5.65. The maximum Gasteiger partial charge on any atom is 0.151 e. The van der Waals surface area contributed by atoms with Crippen LogP contribution in [0.15, 0.2) is 12.1 Å². The van der Waals surface area contributed by atoms with E-state index >= 15 is 0 Å². The van der Waals surface area contributed by atoms with Gasteiger partial charge in [0.05, 0.1) is 0 Å². The van der Waals surface area contributed by atoms with Gasteiger partial charge in [0.15, 0.2) is 5.15 Å². The van der Waals surface area contributed by atoms with Crippen LogP contribution in [0.4, 0.5) is 5.82 Å². The number of aromatic nitrogens is 2. The molecule has 1 aromatic rings. The summed E-state index contributed by atoms with van der Waals surface area (Å²) in [5.74, 6) is 0.784. The molecule has 6 heteroatoms. The molecule has 4 nitrogen and oxygen atoms in total. The van der Waals surface area contributed by atoms with Crippen molar-refractivity contribution >= 4 is 29.8 Å². The van der Waals surface area contributed by atoms with E-state index in [9.17, 15) is 0 Å². The van der Waals surface area contributed by atoms with E-state index in [2.05, 4.69) is 20.8 Å². The van der Waals surface area contributed by atoms with Crippen molar-refractivity contribution in [2.24, 2.45) is 0 Å². The van der Waals surface area contributed by atoms with E-state index in [1.54, 1.807) is 6.07 Å². The average Bonchev–Trinajstić information content (AvgIpc) is 2.30. The fraction of sp³-hybridized carbons (Fsp3) is 0.600. The van der Waals surface area contributed by atoms with Crippen molar-refractivity contribution in [3.63, 3.8) is 0 Å². The number of hydrogen-bond acceptors (Lipinski definition) is 4. The summed E-state index contributed by atoms with van der Waals surface area (Å²) in [5, 5.41) is 14.9. The molecule has 1 saturated heterocycles. The standard InChI is InChI=1S/C10H15ClN4.ClH/c11-9-4-5-10(15-14-9)13-7-8-3-1-2-6-12-8;/h4-5,8,12H,1-3,6-7H2,(H,13,15);1H. The molecule has 1 aromatic heterocycles. The highest BCUT2D eigenvalue weighted by atomic mass is 35.5. The van der Waals surface area contributed by atoms with Gasteiger partial charge in [0.25, 0.3) is 0 Å². The number of anilines is 1.